The number of phenols is 1. The van der Waals surface area contributed by atoms with Gasteiger partial charge in [0.25, 0.3) is 5.91 Å². The first-order valence-corrected chi connectivity index (χ1v) is 5.06. The quantitative estimate of drug-likeness (QED) is 0.803. The number of rotatable bonds is 3. The van der Waals surface area contributed by atoms with E-state index in [-0.39, 0.29) is 31.2 Å². The first-order chi connectivity index (χ1) is 8.08. The van der Waals surface area contributed by atoms with Gasteiger partial charge in [0.15, 0.2) is 6.61 Å². The molecule has 1 aliphatic rings. The van der Waals surface area contributed by atoms with E-state index in [2.05, 4.69) is 0 Å². The van der Waals surface area contributed by atoms with Crippen LogP contribution in [0.1, 0.15) is 6.42 Å². The molecule has 2 rings (SSSR count). The van der Waals surface area contributed by atoms with Gasteiger partial charge in [0.2, 0.25) is 0 Å². The van der Waals surface area contributed by atoms with Gasteiger partial charge >= 0.3 is 5.97 Å². The van der Waals surface area contributed by atoms with Crippen molar-refractivity contribution in [3.05, 3.63) is 18.2 Å². The fourth-order valence-electron chi connectivity index (χ4n) is 1.64. The van der Waals surface area contributed by atoms with Gasteiger partial charge in [-0.1, -0.05) is 0 Å². The van der Waals surface area contributed by atoms with Crippen molar-refractivity contribution in [1.29, 1.82) is 0 Å². The average molecular weight is 237 g/mol. The second-order valence-corrected chi connectivity index (χ2v) is 3.63. The van der Waals surface area contributed by atoms with Crippen LogP contribution in [-0.4, -0.2) is 35.2 Å². The van der Waals surface area contributed by atoms with Crippen molar-refractivity contribution in [1.82, 2.24) is 0 Å². The summed E-state index contributed by atoms with van der Waals surface area (Å²) in [6, 6.07) is 4.38. The zero-order valence-electron chi connectivity index (χ0n) is 8.92. The molecule has 0 spiro atoms. The Balaban J connectivity index is 2.28. The molecule has 1 aromatic carbocycles. The molecule has 2 N–H and O–H groups in total. The van der Waals surface area contributed by atoms with Crippen molar-refractivity contribution in [2.24, 2.45) is 0 Å². The van der Waals surface area contributed by atoms with E-state index in [9.17, 15) is 14.7 Å². The van der Waals surface area contributed by atoms with Gasteiger partial charge in [-0.3, -0.25) is 9.59 Å². The van der Waals surface area contributed by atoms with Crippen LogP contribution in [0.2, 0.25) is 0 Å². The zero-order valence-corrected chi connectivity index (χ0v) is 8.92. The average Bonchev–Trinajstić information content (AvgIpc) is 2.27. The fourth-order valence-corrected chi connectivity index (χ4v) is 1.64. The number of fused-ring (bicyclic) bond motifs is 1. The van der Waals surface area contributed by atoms with Gasteiger partial charge in [-0.15, -0.1) is 0 Å². The van der Waals surface area contributed by atoms with Crippen LogP contribution in [0.4, 0.5) is 5.69 Å². The molecule has 0 aromatic heterocycles. The van der Waals surface area contributed by atoms with Gasteiger partial charge in [-0.2, -0.15) is 0 Å². The molecule has 90 valence electrons. The summed E-state index contributed by atoms with van der Waals surface area (Å²) in [5.41, 5.74) is 0.405. The topological polar surface area (TPSA) is 87.1 Å². The molecule has 0 radical (unpaired) electrons. The third kappa shape index (κ3) is 2.30. The van der Waals surface area contributed by atoms with E-state index < -0.39 is 5.97 Å². The minimum absolute atomic E-state index is 0.00220. The summed E-state index contributed by atoms with van der Waals surface area (Å²) < 4.78 is 5.18. The predicted molar refractivity (Wildman–Crippen MR) is 58.2 cm³/mol. The number of carboxylic acids is 1. The molecule has 1 amide bonds. The Labute approximate surface area is 97.0 Å². The van der Waals surface area contributed by atoms with Crippen molar-refractivity contribution >= 4 is 17.6 Å². The number of hydrogen-bond acceptors (Lipinski definition) is 4. The Kier molecular flexibility index (Phi) is 2.86. The molecule has 0 fully saturated rings. The van der Waals surface area contributed by atoms with E-state index in [0.29, 0.717) is 11.4 Å². The highest BCUT2D eigenvalue weighted by Crippen LogP contribution is 2.34. The van der Waals surface area contributed by atoms with E-state index in [4.69, 9.17) is 9.84 Å². The van der Waals surface area contributed by atoms with E-state index in [1.807, 2.05) is 0 Å². The largest absolute Gasteiger partial charge is 0.508 e. The summed E-state index contributed by atoms with van der Waals surface area (Å²) in [5.74, 6) is -0.828. The molecule has 1 aliphatic heterocycles. The number of carbonyl (C=O) groups excluding carboxylic acids is 1. The summed E-state index contributed by atoms with van der Waals surface area (Å²) in [5, 5.41) is 18.0. The number of nitrogens with zero attached hydrogens (tertiary/aromatic N) is 1. The van der Waals surface area contributed by atoms with Crippen LogP contribution < -0.4 is 9.64 Å². The second-order valence-electron chi connectivity index (χ2n) is 3.63. The van der Waals surface area contributed by atoms with Crippen LogP contribution in [0.5, 0.6) is 11.5 Å². The van der Waals surface area contributed by atoms with Crippen molar-refractivity contribution in [2.75, 3.05) is 18.1 Å². The lowest BCUT2D eigenvalue weighted by molar-refractivity contribution is -0.136. The highest BCUT2D eigenvalue weighted by atomic mass is 16.5. The molecular formula is C11H11NO5. The number of aliphatic carboxylic acids is 1. The van der Waals surface area contributed by atoms with E-state index in [1.165, 1.54) is 17.0 Å². The van der Waals surface area contributed by atoms with Crippen LogP contribution in [-0.2, 0) is 9.59 Å². The minimum atomic E-state index is -0.981. The van der Waals surface area contributed by atoms with Gasteiger partial charge in [-0.05, 0) is 12.1 Å². The zero-order chi connectivity index (χ0) is 12.4. The maximum atomic E-state index is 11.6. The summed E-state index contributed by atoms with van der Waals surface area (Å²) in [4.78, 5) is 23.4. The number of benzene rings is 1. The highest BCUT2D eigenvalue weighted by Gasteiger charge is 2.26. The van der Waals surface area contributed by atoms with E-state index in [1.54, 1.807) is 6.07 Å². The monoisotopic (exact) mass is 237 g/mol. The number of anilines is 1. The van der Waals surface area contributed by atoms with Crippen LogP contribution in [0, 0.1) is 0 Å². The number of amides is 1. The van der Waals surface area contributed by atoms with E-state index in [0.717, 1.165) is 0 Å². The number of carboxylic acid groups (broad SMARTS) is 1. The third-order valence-corrected chi connectivity index (χ3v) is 2.43. The molecule has 0 atom stereocenters. The third-order valence-electron chi connectivity index (χ3n) is 2.43. The fraction of sp³-hybridized carbons (Fsp3) is 0.273. The Morgan fingerprint density at radius 1 is 1.47 bits per heavy atom. The molecule has 1 heterocycles. The van der Waals surface area contributed by atoms with Crippen LogP contribution in [0.15, 0.2) is 18.2 Å². The second kappa shape index (κ2) is 4.32. The maximum Gasteiger partial charge on any atom is 0.305 e. The standard InChI is InChI=1S/C11H11NO5/c13-7-1-2-9-8(5-7)12(4-3-11(15)16)10(14)6-17-9/h1-2,5,13H,3-4,6H2,(H,15,16). The Morgan fingerprint density at radius 2 is 2.24 bits per heavy atom. The van der Waals surface area contributed by atoms with Crippen molar-refractivity contribution in [2.45, 2.75) is 6.42 Å². The Bertz CT molecular complexity index is 471. The molecule has 6 nitrogen and oxygen atoms in total. The smallest absolute Gasteiger partial charge is 0.305 e. The highest BCUT2D eigenvalue weighted by molar-refractivity contribution is 5.98. The lowest BCUT2D eigenvalue weighted by atomic mass is 10.2. The molecule has 0 bridgehead atoms. The predicted octanol–water partition coefficient (Wildman–Crippen LogP) is 0.592. The molecule has 0 saturated heterocycles. The first-order valence-electron chi connectivity index (χ1n) is 5.06. The number of phenolic OH excluding ortho intramolecular Hbond substituents is 1. The first kappa shape index (κ1) is 11.3. The van der Waals surface area contributed by atoms with Crippen molar-refractivity contribution < 1.29 is 24.5 Å². The van der Waals surface area contributed by atoms with Crippen molar-refractivity contribution in [3.63, 3.8) is 0 Å². The minimum Gasteiger partial charge on any atom is -0.508 e. The summed E-state index contributed by atoms with van der Waals surface area (Å²) in [7, 11) is 0. The van der Waals surface area contributed by atoms with Crippen LogP contribution in [0.25, 0.3) is 0 Å². The molecule has 1 aromatic rings. The van der Waals surface area contributed by atoms with Gasteiger partial charge < -0.3 is 19.8 Å². The summed E-state index contributed by atoms with van der Waals surface area (Å²) >= 11 is 0. The lowest BCUT2D eigenvalue weighted by Gasteiger charge is -2.28. The number of aromatic hydroxyl groups is 1. The van der Waals surface area contributed by atoms with Gasteiger partial charge in [0, 0.05) is 12.6 Å². The Morgan fingerprint density at radius 3 is 2.94 bits per heavy atom. The van der Waals surface area contributed by atoms with E-state index >= 15 is 0 Å². The summed E-state index contributed by atoms with van der Waals surface area (Å²) in [6.07, 6.45) is -0.152. The van der Waals surface area contributed by atoms with Crippen LogP contribution in [0.3, 0.4) is 0 Å². The van der Waals surface area contributed by atoms with Gasteiger partial charge in [0.1, 0.15) is 11.5 Å². The van der Waals surface area contributed by atoms with Crippen molar-refractivity contribution in [3.8, 4) is 11.5 Å². The number of carbonyl (C=O) groups is 2. The molecule has 0 unspecified atom stereocenters. The lowest BCUT2D eigenvalue weighted by Crippen LogP contribution is -2.40. The Hall–Kier alpha value is -2.24. The summed E-state index contributed by atoms with van der Waals surface area (Å²) in [6.45, 7) is -0.0502. The normalized spacial score (nSPS) is 14.1. The van der Waals surface area contributed by atoms with Crippen LogP contribution >= 0.6 is 0 Å². The number of ether oxygens (including phenoxy) is 1. The molecular weight excluding hydrogens is 226 g/mol. The van der Waals surface area contributed by atoms with Gasteiger partial charge in [-0.25, -0.2) is 0 Å². The molecule has 17 heavy (non-hydrogen) atoms. The van der Waals surface area contributed by atoms with Gasteiger partial charge in [0.05, 0.1) is 12.1 Å². The molecule has 6 heteroatoms. The maximum absolute atomic E-state index is 11.6. The SMILES string of the molecule is O=C(O)CCN1C(=O)COc2ccc(O)cc21. The molecule has 0 aliphatic carbocycles. The number of hydrogen-bond donors (Lipinski definition) is 2. The molecule has 0 saturated carbocycles.